The topological polar surface area (TPSA) is 30.5 Å². The van der Waals surface area contributed by atoms with Crippen molar-refractivity contribution in [2.75, 3.05) is 13.3 Å². The highest BCUT2D eigenvalue weighted by atomic mass is 32.1. The summed E-state index contributed by atoms with van der Waals surface area (Å²) in [6, 6.07) is 7.88. The number of nitrogens with one attached hydrogen (secondary N) is 1. The van der Waals surface area contributed by atoms with Crippen LogP contribution < -0.4 is 10.1 Å². The minimum atomic E-state index is -1.21. The predicted molar refractivity (Wildman–Crippen MR) is 81.7 cm³/mol. The first-order valence-electron chi connectivity index (χ1n) is 5.94. The van der Waals surface area contributed by atoms with Gasteiger partial charge in [-0.15, -0.1) is 0 Å². The van der Waals surface area contributed by atoms with E-state index in [9.17, 15) is 0 Å². The summed E-state index contributed by atoms with van der Waals surface area (Å²) in [6.07, 6.45) is 0.751. The SMILES string of the molecule is COc1ccc(CNC(=S)OC[Si](C)(C)C)cc1. The second kappa shape index (κ2) is 6.75. The van der Waals surface area contributed by atoms with Gasteiger partial charge in [-0.3, -0.25) is 0 Å². The third kappa shape index (κ3) is 6.02. The maximum Gasteiger partial charge on any atom is 0.256 e. The fourth-order valence-corrected chi connectivity index (χ4v) is 2.06. The lowest BCUT2D eigenvalue weighted by Gasteiger charge is -2.17. The van der Waals surface area contributed by atoms with Crippen LogP contribution in [0, 0.1) is 0 Å². The minimum absolute atomic E-state index is 0.480. The fourth-order valence-electron chi connectivity index (χ4n) is 1.25. The molecule has 100 valence electrons. The Morgan fingerprint density at radius 3 is 2.33 bits per heavy atom. The molecule has 0 spiro atoms. The standard InChI is InChI=1S/C13H21NO2SSi/c1-15-12-7-5-11(6-8-12)9-14-13(17)16-10-18(2,3)4/h5-8H,9-10H2,1-4H3,(H,14,17). The smallest absolute Gasteiger partial charge is 0.256 e. The zero-order chi connectivity index (χ0) is 13.6. The molecule has 0 bridgehead atoms. The van der Waals surface area contributed by atoms with Crippen molar-refractivity contribution in [3.8, 4) is 5.75 Å². The Hall–Kier alpha value is -1.07. The Kier molecular flexibility index (Phi) is 5.62. The van der Waals surface area contributed by atoms with Crippen LogP contribution in [0.2, 0.25) is 19.6 Å². The summed E-state index contributed by atoms with van der Waals surface area (Å²) in [5.74, 6) is 0.858. The van der Waals surface area contributed by atoms with Crippen LogP contribution >= 0.6 is 12.2 Å². The van der Waals surface area contributed by atoms with Crippen molar-refractivity contribution in [2.24, 2.45) is 0 Å². The first-order valence-corrected chi connectivity index (χ1v) is 10.1. The molecule has 3 nitrogen and oxygen atoms in total. The highest BCUT2D eigenvalue weighted by molar-refractivity contribution is 7.80. The quantitative estimate of drug-likeness (QED) is 0.665. The van der Waals surface area contributed by atoms with Crippen LogP contribution in [-0.4, -0.2) is 26.6 Å². The molecule has 18 heavy (non-hydrogen) atoms. The first-order chi connectivity index (χ1) is 8.40. The number of ether oxygens (including phenoxy) is 2. The zero-order valence-electron chi connectivity index (χ0n) is 11.4. The Bertz CT molecular complexity index is 387. The van der Waals surface area contributed by atoms with E-state index in [4.69, 9.17) is 21.7 Å². The monoisotopic (exact) mass is 283 g/mol. The molecule has 0 aromatic heterocycles. The number of methoxy groups -OCH3 is 1. The Morgan fingerprint density at radius 1 is 1.22 bits per heavy atom. The van der Waals surface area contributed by atoms with Gasteiger partial charge in [-0.2, -0.15) is 0 Å². The average molecular weight is 283 g/mol. The van der Waals surface area contributed by atoms with Crippen LogP contribution in [0.1, 0.15) is 5.56 Å². The third-order valence-electron chi connectivity index (χ3n) is 2.23. The number of benzene rings is 1. The molecule has 0 saturated heterocycles. The first kappa shape index (κ1) is 15.0. The fraction of sp³-hybridized carbons (Fsp3) is 0.462. The molecular formula is C13H21NO2SSi. The normalized spacial score (nSPS) is 10.9. The summed E-state index contributed by atoms with van der Waals surface area (Å²) < 4.78 is 10.6. The molecule has 0 radical (unpaired) electrons. The van der Waals surface area contributed by atoms with E-state index in [0.29, 0.717) is 11.7 Å². The van der Waals surface area contributed by atoms with Gasteiger partial charge in [-0.1, -0.05) is 31.8 Å². The average Bonchev–Trinajstić information content (AvgIpc) is 2.33. The lowest BCUT2D eigenvalue weighted by Crippen LogP contribution is -2.33. The summed E-state index contributed by atoms with van der Waals surface area (Å²) in [6.45, 7) is 7.42. The molecule has 1 aromatic carbocycles. The molecule has 0 fully saturated rings. The van der Waals surface area contributed by atoms with Gasteiger partial charge in [-0.05, 0) is 29.9 Å². The Balaban J connectivity index is 2.33. The Labute approximate surface area is 116 Å². The molecule has 0 amide bonds. The molecule has 0 heterocycles. The van der Waals surface area contributed by atoms with Crippen LogP contribution in [0.4, 0.5) is 0 Å². The maximum absolute atomic E-state index is 5.53. The van der Waals surface area contributed by atoms with Gasteiger partial charge >= 0.3 is 0 Å². The van der Waals surface area contributed by atoms with Gasteiger partial charge in [0.05, 0.1) is 21.4 Å². The number of hydrogen-bond donors (Lipinski definition) is 1. The van der Waals surface area contributed by atoms with Gasteiger partial charge in [0.15, 0.2) is 0 Å². The minimum Gasteiger partial charge on any atom is -0.497 e. The van der Waals surface area contributed by atoms with Gasteiger partial charge < -0.3 is 14.8 Å². The van der Waals surface area contributed by atoms with Crippen molar-refractivity contribution < 1.29 is 9.47 Å². The largest absolute Gasteiger partial charge is 0.497 e. The van der Waals surface area contributed by atoms with Crippen LogP contribution in [0.15, 0.2) is 24.3 Å². The molecule has 5 heteroatoms. The van der Waals surface area contributed by atoms with Crippen molar-refractivity contribution in [1.29, 1.82) is 0 Å². The highest BCUT2D eigenvalue weighted by Gasteiger charge is 2.14. The van der Waals surface area contributed by atoms with Crippen molar-refractivity contribution in [3.63, 3.8) is 0 Å². The van der Waals surface area contributed by atoms with Crippen molar-refractivity contribution in [3.05, 3.63) is 29.8 Å². The van der Waals surface area contributed by atoms with Crippen molar-refractivity contribution >= 4 is 25.5 Å². The van der Waals surface area contributed by atoms with E-state index >= 15 is 0 Å². The summed E-state index contributed by atoms with van der Waals surface area (Å²) in [7, 11) is 0.452. The lowest BCUT2D eigenvalue weighted by molar-refractivity contribution is 0.357. The number of thiocarbonyl (C=S) groups is 1. The van der Waals surface area contributed by atoms with E-state index in [1.807, 2.05) is 24.3 Å². The van der Waals surface area contributed by atoms with Gasteiger partial charge in [0.2, 0.25) is 0 Å². The maximum atomic E-state index is 5.53. The van der Waals surface area contributed by atoms with E-state index in [-0.39, 0.29) is 0 Å². The van der Waals surface area contributed by atoms with E-state index in [1.165, 1.54) is 0 Å². The van der Waals surface area contributed by atoms with E-state index < -0.39 is 8.07 Å². The summed E-state index contributed by atoms with van der Waals surface area (Å²) in [5, 5.41) is 3.58. The number of rotatable bonds is 5. The van der Waals surface area contributed by atoms with Gasteiger partial charge in [0.1, 0.15) is 5.75 Å². The predicted octanol–water partition coefficient (Wildman–Crippen LogP) is 2.96. The summed E-state index contributed by atoms with van der Waals surface area (Å²) >= 11 is 5.13. The summed E-state index contributed by atoms with van der Waals surface area (Å²) in [5.41, 5.74) is 1.15. The Morgan fingerprint density at radius 2 is 1.83 bits per heavy atom. The number of hydrogen-bond acceptors (Lipinski definition) is 3. The molecule has 0 unspecified atom stereocenters. The van der Waals surface area contributed by atoms with Crippen molar-refractivity contribution in [2.45, 2.75) is 26.2 Å². The van der Waals surface area contributed by atoms with Crippen LogP contribution in [0.3, 0.4) is 0 Å². The molecule has 0 aliphatic heterocycles. The van der Waals surface area contributed by atoms with Crippen molar-refractivity contribution in [1.82, 2.24) is 5.32 Å². The van der Waals surface area contributed by atoms with Crippen LogP contribution in [0.25, 0.3) is 0 Å². The molecule has 0 aliphatic rings. The van der Waals surface area contributed by atoms with Gasteiger partial charge in [-0.25, -0.2) is 0 Å². The molecule has 0 aliphatic carbocycles. The molecule has 1 aromatic rings. The second-order valence-electron chi connectivity index (χ2n) is 5.34. The summed E-state index contributed by atoms with van der Waals surface area (Å²) in [4.78, 5) is 0. The van der Waals surface area contributed by atoms with E-state index in [2.05, 4.69) is 25.0 Å². The highest BCUT2D eigenvalue weighted by Crippen LogP contribution is 2.11. The lowest BCUT2D eigenvalue weighted by atomic mass is 10.2. The third-order valence-corrected chi connectivity index (χ3v) is 3.50. The van der Waals surface area contributed by atoms with E-state index in [1.54, 1.807) is 7.11 Å². The molecular weight excluding hydrogens is 262 g/mol. The van der Waals surface area contributed by atoms with Crippen LogP contribution in [0.5, 0.6) is 5.75 Å². The van der Waals surface area contributed by atoms with E-state index in [0.717, 1.165) is 17.5 Å². The molecule has 1 N–H and O–H groups in total. The molecule has 1 rings (SSSR count). The van der Waals surface area contributed by atoms with Gasteiger partial charge in [0.25, 0.3) is 5.17 Å². The zero-order valence-corrected chi connectivity index (χ0v) is 13.3. The second-order valence-corrected chi connectivity index (χ2v) is 11.1. The van der Waals surface area contributed by atoms with Crippen LogP contribution in [-0.2, 0) is 11.3 Å². The molecule has 0 saturated carbocycles. The molecule has 0 atom stereocenters. The van der Waals surface area contributed by atoms with Gasteiger partial charge in [0, 0.05) is 6.54 Å².